The number of nitrogens with zero attached hydrogens (tertiary/aromatic N) is 4. The van der Waals surface area contributed by atoms with Crippen LogP contribution in [0.1, 0.15) is 11.4 Å². The van der Waals surface area contributed by atoms with Crippen molar-refractivity contribution < 1.29 is 0 Å². The second-order valence-corrected chi connectivity index (χ2v) is 7.22. The minimum atomic E-state index is 0.754. The van der Waals surface area contributed by atoms with Crippen LogP contribution in [-0.4, -0.2) is 19.6 Å². The van der Waals surface area contributed by atoms with Gasteiger partial charge in [0.05, 0.1) is 27.9 Å². The maximum Gasteiger partial charge on any atom is 0.190 e. The second kappa shape index (κ2) is 6.11. The molecule has 4 nitrogen and oxygen atoms in total. The summed E-state index contributed by atoms with van der Waals surface area (Å²) in [6.45, 7) is 2.01. The zero-order chi connectivity index (χ0) is 17.5. The molecule has 0 N–H and O–H groups in total. The van der Waals surface area contributed by atoms with Gasteiger partial charge >= 0.3 is 0 Å². The summed E-state index contributed by atoms with van der Waals surface area (Å²) in [5.41, 5.74) is 5.16. The van der Waals surface area contributed by atoms with E-state index in [0.29, 0.717) is 0 Å². The Kier molecular flexibility index (Phi) is 3.60. The van der Waals surface area contributed by atoms with Crippen molar-refractivity contribution in [2.75, 3.05) is 0 Å². The van der Waals surface area contributed by atoms with Crippen LogP contribution in [0.5, 0.6) is 0 Å². The topological polar surface area (TPSA) is 43.1 Å². The molecule has 26 heavy (non-hydrogen) atoms. The Balaban J connectivity index is 1.55. The molecule has 2 aromatic carbocycles. The Hall–Kier alpha value is -2.92. The van der Waals surface area contributed by atoms with Crippen LogP contribution in [-0.2, 0) is 5.75 Å². The molecule has 0 amide bonds. The molecule has 5 aromatic rings. The molecule has 0 atom stereocenters. The average Bonchev–Trinajstić information content (AvgIpc) is 3.08. The third-order valence-electron chi connectivity index (χ3n) is 4.41. The van der Waals surface area contributed by atoms with E-state index in [0.717, 1.165) is 49.6 Å². The van der Waals surface area contributed by atoms with Crippen molar-refractivity contribution >= 4 is 39.1 Å². The van der Waals surface area contributed by atoms with E-state index >= 15 is 0 Å². The summed E-state index contributed by atoms with van der Waals surface area (Å²) in [7, 11) is 0. The molecule has 0 spiro atoms. The van der Waals surface area contributed by atoms with E-state index < -0.39 is 0 Å². The van der Waals surface area contributed by atoms with Gasteiger partial charge in [0.2, 0.25) is 0 Å². The molecule has 3 aromatic heterocycles. The van der Waals surface area contributed by atoms with Crippen molar-refractivity contribution in [2.24, 2.45) is 0 Å². The SMILES string of the molecule is Cc1cc2c3ccccc3nc(SCc3ccc4ccccc4n3)n2n1. The lowest BCUT2D eigenvalue weighted by molar-refractivity contribution is 0.797. The monoisotopic (exact) mass is 356 g/mol. The first-order chi connectivity index (χ1) is 12.8. The van der Waals surface area contributed by atoms with Crippen molar-refractivity contribution in [3.8, 4) is 0 Å². The van der Waals surface area contributed by atoms with E-state index in [1.807, 2.05) is 41.8 Å². The highest BCUT2D eigenvalue weighted by Gasteiger charge is 2.11. The minimum Gasteiger partial charge on any atom is -0.252 e. The van der Waals surface area contributed by atoms with Crippen molar-refractivity contribution in [3.05, 3.63) is 78.1 Å². The first kappa shape index (κ1) is 15.3. The number of thioether (sulfide) groups is 1. The molecule has 0 fully saturated rings. The highest BCUT2D eigenvalue weighted by atomic mass is 32.2. The summed E-state index contributed by atoms with van der Waals surface area (Å²) in [6.07, 6.45) is 0. The summed E-state index contributed by atoms with van der Waals surface area (Å²) >= 11 is 1.67. The number of aryl methyl sites for hydroxylation is 1. The maximum atomic E-state index is 4.83. The summed E-state index contributed by atoms with van der Waals surface area (Å²) in [4.78, 5) is 9.59. The molecule has 0 aliphatic heterocycles. The third kappa shape index (κ3) is 2.61. The molecule has 5 heteroatoms. The van der Waals surface area contributed by atoms with Crippen molar-refractivity contribution in [3.63, 3.8) is 0 Å². The molecule has 0 saturated carbocycles. The molecule has 5 rings (SSSR count). The Bertz CT molecular complexity index is 1260. The molecule has 0 bridgehead atoms. The van der Waals surface area contributed by atoms with Gasteiger partial charge < -0.3 is 0 Å². The zero-order valence-electron chi connectivity index (χ0n) is 14.3. The highest BCUT2D eigenvalue weighted by molar-refractivity contribution is 7.98. The number of fused-ring (bicyclic) bond motifs is 4. The van der Waals surface area contributed by atoms with Gasteiger partial charge in [-0.15, -0.1) is 0 Å². The summed E-state index contributed by atoms with van der Waals surface area (Å²) in [6, 6.07) is 22.7. The number of rotatable bonds is 3. The highest BCUT2D eigenvalue weighted by Crippen LogP contribution is 2.27. The molecule has 126 valence electrons. The average molecular weight is 356 g/mol. The molecular weight excluding hydrogens is 340 g/mol. The predicted octanol–water partition coefficient (Wildman–Crippen LogP) is 5.03. The van der Waals surface area contributed by atoms with Gasteiger partial charge in [-0.05, 0) is 31.2 Å². The van der Waals surface area contributed by atoms with Crippen LogP contribution in [0.15, 0.2) is 71.9 Å². The number of benzene rings is 2. The molecule has 0 aliphatic carbocycles. The fourth-order valence-corrected chi connectivity index (χ4v) is 4.06. The maximum absolute atomic E-state index is 4.83. The van der Waals surface area contributed by atoms with Crippen molar-refractivity contribution in [1.29, 1.82) is 0 Å². The van der Waals surface area contributed by atoms with Crippen LogP contribution >= 0.6 is 11.8 Å². The van der Waals surface area contributed by atoms with E-state index in [4.69, 9.17) is 9.97 Å². The van der Waals surface area contributed by atoms with E-state index in [1.165, 1.54) is 0 Å². The Morgan fingerprint density at radius 3 is 2.62 bits per heavy atom. The van der Waals surface area contributed by atoms with Crippen LogP contribution in [0, 0.1) is 6.92 Å². The molecule has 3 heterocycles. The second-order valence-electron chi connectivity index (χ2n) is 6.28. The Morgan fingerprint density at radius 1 is 0.885 bits per heavy atom. The van der Waals surface area contributed by atoms with Gasteiger partial charge in [0, 0.05) is 16.5 Å². The quantitative estimate of drug-likeness (QED) is 0.336. The number of hydrogen-bond donors (Lipinski definition) is 0. The van der Waals surface area contributed by atoms with Crippen LogP contribution in [0.2, 0.25) is 0 Å². The van der Waals surface area contributed by atoms with Crippen LogP contribution in [0.3, 0.4) is 0 Å². The Labute approximate surface area is 154 Å². The lowest BCUT2D eigenvalue weighted by atomic mass is 10.2. The van der Waals surface area contributed by atoms with Gasteiger partial charge in [0.1, 0.15) is 0 Å². The molecule has 0 radical (unpaired) electrons. The summed E-state index contributed by atoms with van der Waals surface area (Å²) < 4.78 is 1.95. The van der Waals surface area contributed by atoms with Gasteiger partial charge in [-0.1, -0.05) is 54.2 Å². The standard InChI is InChI=1S/C21H16N4S/c1-14-12-20-17-7-3-5-9-19(17)23-21(25(20)24-14)26-13-16-11-10-15-6-2-4-8-18(15)22-16/h2-12H,13H2,1H3. The smallest absolute Gasteiger partial charge is 0.190 e. The lowest BCUT2D eigenvalue weighted by Crippen LogP contribution is -1.98. The third-order valence-corrected chi connectivity index (χ3v) is 5.38. The fourth-order valence-electron chi connectivity index (χ4n) is 3.20. The predicted molar refractivity (Wildman–Crippen MR) is 107 cm³/mol. The Morgan fingerprint density at radius 2 is 1.69 bits per heavy atom. The van der Waals surface area contributed by atoms with Gasteiger partial charge in [0.15, 0.2) is 5.16 Å². The number of aromatic nitrogens is 4. The first-order valence-corrected chi connectivity index (χ1v) is 9.49. The summed E-state index contributed by atoms with van der Waals surface area (Å²) in [5.74, 6) is 0.754. The normalized spacial score (nSPS) is 11.6. The van der Waals surface area contributed by atoms with Gasteiger partial charge in [0.25, 0.3) is 0 Å². The van der Waals surface area contributed by atoms with E-state index in [2.05, 4.69) is 41.5 Å². The largest absolute Gasteiger partial charge is 0.252 e. The fraction of sp³-hybridized carbons (Fsp3) is 0.0952. The molecular formula is C21H16N4S. The van der Waals surface area contributed by atoms with Gasteiger partial charge in [-0.2, -0.15) is 5.10 Å². The number of pyridine rings is 1. The number of para-hydroxylation sites is 2. The number of hydrogen-bond acceptors (Lipinski definition) is 4. The van der Waals surface area contributed by atoms with E-state index in [-0.39, 0.29) is 0 Å². The van der Waals surface area contributed by atoms with E-state index in [9.17, 15) is 0 Å². The molecule has 0 unspecified atom stereocenters. The van der Waals surface area contributed by atoms with Crippen LogP contribution < -0.4 is 0 Å². The van der Waals surface area contributed by atoms with Crippen molar-refractivity contribution in [2.45, 2.75) is 17.8 Å². The van der Waals surface area contributed by atoms with Gasteiger partial charge in [-0.25, -0.2) is 9.50 Å². The van der Waals surface area contributed by atoms with E-state index in [1.54, 1.807) is 11.8 Å². The van der Waals surface area contributed by atoms with Crippen LogP contribution in [0.25, 0.3) is 27.3 Å². The lowest BCUT2D eigenvalue weighted by Gasteiger charge is -2.07. The first-order valence-electron chi connectivity index (χ1n) is 8.50. The summed E-state index contributed by atoms with van der Waals surface area (Å²) in [5, 5.41) is 7.82. The van der Waals surface area contributed by atoms with Gasteiger partial charge in [-0.3, -0.25) is 4.98 Å². The minimum absolute atomic E-state index is 0.754. The van der Waals surface area contributed by atoms with Crippen LogP contribution in [0.4, 0.5) is 0 Å². The molecule has 0 saturated heterocycles. The van der Waals surface area contributed by atoms with Crippen molar-refractivity contribution in [1.82, 2.24) is 19.6 Å². The zero-order valence-corrected chi connectivity index (χ0v) is 15.1. The molecule has 0 aliphatic rings.